The van der Waals surface area contributed by atoms with E-state index in [1.807, 2.05) is 0 Å². The first-order chi connectivity index (χ1) is 10.5. The zero-order valence-corrected chi connectivity index (χ0v) is 11.8. The molecule has 1 heterocycles. The maximum absolute atomic E-state index is 12.7. The highest BCUT2D eigenvalue weighted by Gasteiger charge is 2.25. The van der Waals surface area contributed by atoms with Crippen LogP contribution in [0.1, 0.15) is 10.5 Å². The molecule has 0 saturated heterocycles. The molecule has 0 aliphatic heterocycles. The molecule has 0 radical (unpaired) electrons. The molecule has 0 bridgehead atoms. The van der Waals surface area contributed by atoms with Crippen molar-refractivity contribution >= 4 is 21.9 Å². The fourth-order valence-corrected chi connectivity index (χ4v) is 1.99. The van der Waals surface area contributed by atoms with Gasteiger partial charge in [-0.1, -0.05) is 0 Å². The van der Waals surface area contributed by atoms with Crippen LogP contribution >= 0.6 is 15.9 Å². The highest BCUT2D eigenvalue weighted by Crippen LogP contribution is 2.45. The number of carbonyl (C=O) groups is 1. The Balaban J connectivity index is 2.72. The molecule has 0 aliphatic carbocycles. The van der Waals surface area contributed by atoms with Gasteiger partial charge >= 0.3 is 5.97 Å². The van der Waals surface area contributed by atoms with Crippen molar-refractivity contribution in [2.45, 2.75) is 0 Å². The smallest absolute Gasteiger partial charge is 0.356 e. The lowest BCUT2D eigenvalue weighted by Crippen LogP contribution is -2.04. The zero-order valence-electron chi connectivity index (χ0n) is 10.2. The van der Waals surface area contributed by atoms with Crippen molar-refractivity contribution in [1.82, 2.24) is 9.97 Å². The van der Waals surface area contributed by atoms with Crippen LogP contribution in [0.4, 0.5) is 13.6 Å². The van der Waals surface area contributed by atoms with Crippen molar-refractivity contribution in [2.75, 3.05) is 0 Å². The van der Waals surface area contributed by atoms with Gasteiger partial charge in [0, 0.05) is 13.6 Å². The van der Waals surface area contributed by atoms with Gasteiger partial charge in [0.1, 0.15) is 10.3 Å². The topological polar surface area (TPSA) is 90.8 Å². The normalized spacial score (nSPS) is 10.2. The third-order valence-electron chi connectivity index (χ3n) is 2.52. The molecule has 1 aromatic heterocycles. The monoisotopic (exact) mass is 380 g/mol. The Hall–Kier alpha value is -2.56. The number of nitrogens with zero attached hydrogens (tertiary/aromatic N) is 2. The van der Waals surface area contributed by atoms with Crippen molar-refractivity contribution in [3.63, 3.8) is 0 Å². The summed E-state index contributed by atoms with van der Waals surface area (Å²) >= 11 is 2.98. The van der Waals surface area contributed by atoms with Crippen LogP contribution in [0.5, 0.6) is 17.2 Å². The average molecular weight is 381 g/mol. The molecule has 116 valence electrons. The van der Waals surface area contributed by atoms with Crippen LogP contribution in [0.25, 0.3) is 11.3 Å². The van der Waals surface area contributed by atoms with Crippen LogP contribution in [0, 0.1) is 0 Å². The summed E-state index contributed by atoms with van der Waals surface area (Å²) in [6.45, 7) is 0. The molecule has 1 aromatic carbocycles. The summed E-state index contributed by atoms with van der Waals surface area (Å²) < 4.78 is 37.5. The molecule has 0 aliphatic rings. The lowest BCUT2D eigenvalue weighted by molar-refractivity contribution is -0.0553. The molecule has 7 nitrogen and oxygen atoms in total. The molecule has 0 saturated carbocycles. The van der Waals surface area contributed by atoms with Crippen LogP contribution in [-0.2, 0) is 0 Å². The second kappa shape index (κ2) is 6.47. The first-order valence-corrected chi connectivity index (χ1v) is 6.11. The number of aromatic carboxylic acids is 1. The lowest BCUT2D eigenvalue weighted by Gasteiger charge is -2.10. The van der Waals surface area contributed by atoms with Crippen molar-refractivity contribution in [3.8, 4) is 28.5 Å². The fraction of sp³-hybridized carbons (Fsp3) is 0. The van der Waals surface area contributed by atoms with E-state index in [2.05, 4.69) is 40.7 Å². The number of carboxylic acids is 1. The number of benzene rings is 1. The van der Waals surface area contributed by atoms with Crippen LogP contribution in [0.2, 0.25) is 0 Å². The minimum atomic E-state index is -1.39. The fourth-order valence-electron chi connectivity index (χ4n) is 1.59. The SMILES string of the molecule is O=C(O)c1cnc(Br)c(-c2ccc(OF)c(OF)c2OF)n1. The Bertz CT molecular complexity index is 731. The predicted octanol–water partition coefficient (Wildman–Crippen LogP) is 3.39. The summed E-state index contributed by atoms with van der Waals surface area (Å²) in [4.78, 5) is 28.4. The Morgan fingerprint density at radius 1 is 1.14 bits per heavy atom. The van der Waals surface area contributed by atoms with E-state index in [-0.39, 0.29) is 15.9 Å². The summed E-state index contributed by atoms with van der Waals surface area (Å²) in [5, 5.41) is 8.88. The summed E-state index contributed by atoms with van der Waals surface area (Å²) in [6.07, 6.45) is 0.942. The van der Waals surface area contributed by atoms with Crippen molar-refractivity contribution < 1.29 is 38.3 Å². The average Bonchev–Trinajstić information content (AvgIpc) is 2.53. The first-order valence-electron chi connectivity index (χ1n) is 5.32. The Morgan fingerprint density at radius 3 is 2.36 bits per heavy atom. The molecule has 11 heteroatoms. The van der Waals surface area contributed by atoms with E-state index in [4.69, 9.17) is 5.11 Å². The van der Waals surface area contributed by atoms with Gasteiger partial charge < -0.3 is 5.11 Å². The zero-order chi connectivity index (χ0) is 16.3. The number of hydrogen-bond acceptors (Lipinski definition) is 6. The quantitative estimate of drug-likeness (QED) is 0.849. The molecule has 0 fully saturated rings. The van der Waals surface area contributed by atoms with Gasteiger partial charge in [-0.15, -0.1) is 0 Å². The third-order valence-corrected chi connectivity index (χ3v) is 3.10. The summed E-state index contributed by atoms with van der Waals surface area (Å²) in [7, 11) is 0. The molecule has 0 spiro atoms. The van der Waals surface area contributed by atoms with Crippen LogP contribution < -0.4 is 14.8 Å². The van der Waals surface area contributed by atoms with E-state index < -0.39 is 28.9 Å². The summed E-state index contributed by atoms with van der Waals surface area (Å²) in [6, 6.07) is 1.95. The number of rotatable bonds is 5. The first kappa shape index (κ1) is 15.8. The third kappa shape index (κ3) is 2.74. The second-order valence-electron chi connectivity index (χ2n) is 3.70. The molecule has 2 aromatic rings. The van der Waals surface area contributed by atoms with Gasteiger partial charge in [-0.3, -0.25) is 14.8 Å². The van der Waals surface area contributed by atoms with Gasteiger partial charge in [0.15, 0.2) is 5.69 Å². The van der Waals surface area contributed by atoms with E-state index >= 15 is 0 Å². The van der Waals surface area contributed by atoms with E-state index in [1.54, 1.807) is 0 Å². The molecule has 0 amide bonds. The molecule has 0 atom stereocenters. The predicted molar refractivity (Wildman–Crippen MR) is 67.3 cm³/mol. The number of aromatic nitrogens is 2. The van der Waals surface area contributed by atoms with Gasteiger partial charge in [-0.05, 0) is 28.1 Å². The highest BCUT2D eigenvalue weighted by molar-refractivity contribution is 9.10. The van der Waals surface area contributed by atoms with E-state index in [1.165, 1.54) is 0 Å². The largest absolute Gasteiger partial charge is 0.476 e. The van der Waals surface area contributed by atoms with E-state index in [9.17, 15) is 18.4 Å². The second-order valence-corrected chi connectivity index (χ2v) is 4.45. The summed E-state index contributed by atoms with van der Waals surface area (Å²) in [5.41, 5.74) is -0.911. The maximum Gasteiger partial charge on any atom is 0.356 e. The summed E-state index contributed by atoms with van der Waals surface area (Å²) in [5.74, 6) is -4.13. The molecule has 1 N–H and O–H groups in total. The molecular formula is C11H4BrF3N2O5. The Labute approximate surface area is 128 Å². The van der Waals surface area contributed by atoms with E-state index in [0.29, 0.717) is 0 Å². The molecule has 22 heavy (non-hydrogen) atoms. The van der Waals surface area contributed by atoms with Crippen molar-refractivity contribution in [1.29, 1.82) is 0 Å². The lowest BCUT2D eigenvalue weighted by atomic mass is 10.1. The molecule has 0 unspecified atom stereocenters. The minimum Gasteiger partial charge on any atom is -0.476 e. The van der Waals surface area contributed by atoms with Gasteiger partial charge in [-0.25, -0.2) is 14.8 Å². The molecular weight excluding hydrogens is 377 g/mol. The minimum absolute atomic E-state index is 0.00882. The van der Waals surface area contributed by atoms with E-state index in [0.717, 1.165) is 18.3 Å². The standard InChI is InChI=1S/C11H4BrF3N2O5/c12-10-7(17-5(3-16-10)11(18)19)4-1-2-6(20-13)9(22-15)8(4)21-14/h1-3H,(H,18,19). The van der Waals surface area contributed by atoms with Crippen LogP contribution in [0.15, 0.2) is 22.9 Å². The maximum atomic E-state index is 12.7. The number of hydrogen-bond donors (Lipinski definition) is 1. The van der Waals surface area contributed by atoms with Gasteiger partial charge in [0.05, 0.1) is 11.8 Å². The van der Waals surface area contributed by atoms with Gasteiger partial charge in [0.2, 0.25) is 11.5 Å². The molecule has 2 rings (SSSR count). The van der Waals surface area contributed by atoms with Crippen LogP contribution in [0.3, 0.4) is 0 Å². The van der Waals surface area contributed by atoms with Gasteiger partial charge in [-0.2, -0.15) is 0 Å². The van der Waals surface area contributed by atoms with Gasteiger partial charge in [0.25, 0.3) is 5.75 Å². The Morgan fingerprint density at radius 2 is 1.82 bits per heavy atom. The Kier molecular flexibility index (Phi) is 4.65. The number of halogens is 4. The van der Waals surface area contributed by atoms with Crippen LogP contribution in [-0.4, -0.2) is 21.0 Å². The van der Waals surface area contributed by atoms with Crippen molar-refractivity contribution in [3.05, 3.63) is 28.6 Å². The highest BCUT2D eigenvalue weighted by atomic mass is 79.9. The van der Waals surface area contributed by atoms with Crippen molar-refractivity contribution in [2.24, 2.45) is 0 Å². The number of carboxylic acid groups (broad SMARTS) is 1.